The van der Waals surface area contributed by atoms with Crippen molar-refractivity contribution in [3.05, 3.63) is 57.5 Å². The third-order valence-electron chi connectivity index (χ3n) is 5.80. The van der Waals surface area contributed by atoms with Crippen LogP contribution in [0.2, 0.25) is 0 Å². The summed E-state index contributed by atoms with van der Waals surface area (Å²) in [7, 11) is -3.42. The van der Waals surface area contributed by atoms with Gasteiger partial charge in [-0.2, -0.15) is 13.2 Å². The number of aromatic nitrogens is 4. The van der Waals surface area contributed by atoms with Crippen molar-refractivity contribution in [3.63, 3.8) is 0 Å². The van der Waals surface area contributed by atoms with Gasteiger partial charge in [-0.15, -0.1) is 11.3 Å². The third kappa shape index (κ3) is 6.41. The lowest BCUT2D eigenvalue weighted by Crippen LogP contribution is -2.24. The number of nitrogens with one attached hydrogen (secondary N) is 1. The fourth-order valence-corrected chi connectivity index (χ4v) is 5.94. The van der Waals surface area contributed by atoms with E-state index in [0.29, 0.717) is 16.5 Å². The molecular formula is C24H30F3N5O4S2. The molecule has 0 aliphatic carbocycles. The van der Waals surface area contributed by atoms with E-state index in [-0.39, 0.29) is 40.0 Å². The van der Waals surface area contributed by atoms with Crippen molar-refractivity contribution >= 4 is 27.1 Å². The smallest absolute Gasteiger partial charge is 0.387 e. The van der Waals surface area contributed by atoms with Gasteiger partial charge in [-0.3, -0.25) is 9.78 Å². The molecule has 1 atom stereocenters. The lowest BCUT2D eigenvalue weighted by Gasteiger charge is -2.22. The molecule has 0 saturated heterocycles. The van der Waals surface area contributed by atoms with E-state index in [9.17, 15) is 31.5 Å². The first-order valence-electron chi connectivity index (χ1n) is 11.7. The quantitative estimate of drug-likeness (QED) is 0.414. The Hall–Kier alpha value is -2.84. The molecule has 0 spiro atoms. The monoisotopic (exact) mass is 573 g/mol. The van der Waals surface area contributed by atoms with E-state index >= 15 is 0 Å². The van der Waals surface area contributed by atoms with Crippen molar-refractivity contribution in [1.29, 1.82) is 0 Å². The Morgan fingerprint density at radius 2 is 1.87 bits per heavy atom. The highest BCUT2D eigenvalue weighted by molar-refractivity contribution is 7.93. The molecule has 0 aromatic carbocycles. The third-order valence-corrected chi connectivity index (χ3v) is 9.08. The summed E-state index contributed by atoms with van der Waals surface area (Å²) in [6.07, 6.45) is -3.52. The summed E-state index contributed by atoms with van der Waals surface area (Å²) in [5.74, 6) is -0.237. The van der Waals surface area contributed by atoms with Crippen molar-refractivity contribution in [1.82, 2.24) is 24.8 Å². The number of aliphatic hydroxyl groups is 1. The Kier molecular flexibility index (Phi) is 8.39. The van der Waals surface area contributed by atoms with Crippen LogP contribution in [0, 0.1) is 6.92 Å². The second kappa shape index (κ2) is 10.7. The number of rotatable bonds is 8. The van der Waals surface area contributed by atoms with Gasteiger partial charge in [0.25, 0.3) is 5.91 Å². The summed E-state index contributed by atoms with van der Waals surface area (Å²) in [5.41, 5.74) is -1.38. The Balaban J connectivity index is 1.95. The molecule has 14 heteroatoms. The van der Waals surface area contributed by atoms with E-state index in [1.165, 1.54) is 20.0 Å². The fourth-order valence-electron chi connectivity index (χ4n) is 3.70. The lowest BCUT2D eigenvalue weighted by atomic mass is 9.95. The number of carbonyl (C=O) groups is 1. The number of hydrogen-bond donors (Lipinski definition) is 2. The largest absolute Gasteiger partial charge is 0.416 e. The van der Waals surface area contributed by atoms with Gasteiger partial charge in [0.2, 0.25) is 0 Å². The van der Waals surface area contributed by atoms with Crippen molar-refractivity contribution in [2.75, 3.05) is 5.75 Å². The Morgan fingerprint density at radius 3 is 2.42 bits per heavy atom. The average Bonchev–Trinajstić information content (AvgIpc) is 3.42. The van der Waals surface area contributed by atoms with Crippen LogP contribution in [0.1, 0.15) is 84.6 Å². The molecule has 3 heterocycles. The van der Waals surface area contributed by atoms with Crippen molar-refractivity contribution in [2.45, 2.75) is 76.5 Å². The molecule has 3 rings (SSSR count). The molecule has 208 valence electrons. The van der Waals surface area contributed by atoms with E-state index < -0.39 is 39.0 Å². The summed E-state index contributed by atoms with van der Waals surface area (Å²) < 4.78 is 67.4. The summed E-state index contributed by atoms with van der Waals surface area (Å²) in [6, 6.07) is 0.831. The van der Waals surface area contributed by atoms with Crippen molar-refractivity contribution in [2.24, 2.45) is 0 Å². The number of aliphatic hydroxyl groups excluding tert-OH is 1. The van der Waals surface area contributed by atoms with Crippen LogP contribution >= 0.6 is 11.3 Å². The molecule has 0 radical (unpaired) electrons. The second-order valence-corrected chi connectivity index (χ2v) is 13.4. The van der Waals surface area contributed by atoms with E-state index in [1.807, 2.05) is 20.8 Å². The highest BCUT2D eigenvalue weighted by Gasteiger charge is 2.35. The Morgan fingerprint density at radius 1 is 1.21 bits per heavy atom. The second-order valence-electron chi connectivity index (χ2n) is 9.80. The number of thiazole rings is 1. The molecule has 0 aliphatic heterocycles. The maximum atomic E-state index is 13.9. The van der Waals surface area contributed by atoms with Crippen LogP contribution in [0.3, 0.4) is 0 Å². The standard InChI is InChI=1S/C24H30F3N5O4S2/c1-7-38(35,36)19-11-29-18(37-19)10-30-21(34)20-13(2)32(22(31-20)23(4,5)6)12-15-9-28-17(14(3)33)8-16(15)24(25,26)27/h8-9,11,14,33H,7,10,12H2,1-6H3,(H,30,34). The number of imidazole rings is 1. The number of carbonyl (C=O) groups excluding carboxylic acids is 1. The first-order valence-corrected chi connectivity index (χ1v) is 14.2. The number of sulfone groups is 1. The van der Waals surface area contributed by atoms with Gasteiger partial charge in [-0.25, -0.2) is 18.4 Å². The van der Waals surface area contributed by atoms with Crippen LogP contribution in [-0.4, -0.2) is 44.7 Å². The predicted octanol–water partition coefficient (Wildman–Crippen LogP) is 4.18. The molecule has 38 heavy (non-hydrogen) atoms. The minimum absolute atomic E-state index is 0.0370. The number of alkyl halides is 3. The van der Waals surface area contributed by atoms with Crippen LogP contribution in [0.15, 0.2) is 22.7 Å². The molecule has 0 bridgehead atoms. The van der Waals surface area contributed by atoms with Crippen molar-refractivity contribution < 1.29 is 31.5 Å². The van der Waals surface area contributed by atoms with Gasteiger partial charge >= 0.3 is 6.18 Å². The SMILES string of the molecule is CCS(=O)(=O)c1cnc(CNC(=O)c2nc(C(C)(C)C)n(Cc3cnc(C(C)O)cc3C(F)(F)F)c2C)s1. The van der Waals surface area contributed by atoms with Crippen LogP contribution in [0.5, 0.6) is 0 Å². The number of hydrogen-bond acceptors (Lipinski definition) is 8. The summed E-state index contributed by atoms with van der Waals surface area (Å²) in [4.78, 5) is 25.6. The highest BCUT2D eigenvalue weighted by atomic mass is 32.2. The normalized spacial score (nSPS) is 13.5. The molecule has 3 aromatic rings. The van der Waals surface area contributed by atoms with Crippen molar-refractivity contribution in [3.8, 4) is 0 Å². The van der Waals surface area contributed by atoms with Crippen LogP contribution in [-0.2, 0) is 34.5 Å². The highest BCUT2D eigenvalue weighted by Crippen LogP contribution is 2.35. The first kappa shape index (κ1) is 29.7. The molecule has 9 nitrogen and oxygen atoms in total. The Labute approximate surface area is 223 Å². The molecule has 0 aliphatic rings. The number of nitrogens with zero attached hydrogens (tertiary/aromatic N) is 4. The summed E-state index contributed by atoms with van der Waals surface area (Å²) >= 11 is 0.956. The van der Waals surface area contributed by atoms with Gasteiger partial charge in [0.15, 0.2) is 9.84 Å². The molecule has 0 saturated carbocycles. The zero-order chi connectivity index (χ0) is 28.6. The van der Waals surface area contributed by atoms with Gasteiger partial charge in [0, 0.05) is 22.9 Å². The van der Waals surface area contributed by atoms with Crippen LogP contribution in [0.25, 0.3) is 0 Å². The molecule has 1 amide bonds. The number of amides is 1. The molecule has 0 fully saturated rings. The van der Waals surface area contributed by atoms with Gasteiger partial charge < -0.3 is 15.0 Å². The number of halogens is 3. The number of pyridine rings is 1. The zero-order valence-electron chi connectivity index (χ0n) is 21.8. The predicted molar refractivity (Wildman–Crippen MR) is 136 cm³/mol. The lowest BCUT2D eigenvalue weighted by molar-refractivity contribution is -0.138. The van der Waals surface area contributed by atoms with E-state index in [0.717, 1.165) is 23.6 Å². The maximum Gasteiger partial charge on any atom is 0.416 e. The minimum Gasteiger partial charge on any atom is -0.387 e. The Bertz CT molecular complexity index is 1440. The molecule has 1 unspecified atom stereocenters. The minimum atomic E-state index is -4.68. The van der Waals surface area contributed by atoms with Gasteiger partial charge in [0.1, 0.15) is 20.7 Å². The van der Waals surface area contributed by atoms with E-state index in [2.05, 4.69) is 20.3 Å². The van der Waals surface area contributed by atoms with E-state index in [1.54, 1.807) is 11.5 Å². The zero-order valence-corrected chi connectivity index (χ0v) is 23.5. The average molecular weight is 574 g/mol. The first-order chi connectivity index (χ1) is 17.5. The maximum absolute atomic E-state index is 13.9. The topological polar surface area (TPSA) is 127 Å². The summed E-state index contributed by atoms with van der Waals surface area (Å²) in [6.45, 7) is 9.66. The molecule has 3 aromatic heterocycles. The van der Waals surface area contributed by atoms with Gasteiger partial charge in [-0.1, -0.05) is 27.7 Å². The van der Waals surface area contributed by atoms with Crippen LogP contribution in [0.4, 0.5) is 13.2 Å². The molecular weight excluding hydrogens is 543 g/mol. The molecule has 2 N–H and O–H groups in total. The van der Waals surface area contributed by atoms with Gasteiger partial charge in [0.05, 0.1) is 42.4 Å². The van der Waals surface area contributed by atoms with Gasteiger partial charge in [-0.05, 0) is 19.9 Å². The fraction of sp³-hybridized carbons (Fsp3) is 0.500. The van der Waals surface area contributed by atoms with Crippen LogP contribution < -0.4 is 5.32 Å². The van der Waals surface area contributed by atoms with E-state index in [4.69, 9.17) is 0 Å². The summed E-state index contributed by atoms with van der Waals surface area (Å²) in [5, 5.41) is 12.8.